The summed E-state index contributed by atoms with van der Waals surface area (Å²) in [6.45, 7) is 4.98. The number of imidazole rings is 1. The third kappa shape index (κ3) is 2.04. The van der Waals surface area contributed by atoms with Crippen molar-refractivity contribution in [2.24, 2.45) is 11.8 Å². The highest BCUT2D eigenvalue weighted by molar-refractivity contribution is 5.79. The second-order valence-electron chi connectivity index (χ2n) is 5.77. The lowest BCUT2D eigenvalue weighted by Gasteiger charge is -2.26. The van der Waals surface area contributed by atoms with E-state index in [4.69, 9.17) is 0 Å². The van der Waals surface area contributed by atoms with E-state index >= 15 is 0 Å². The molecule has 2 fully saturated rings. The molecule has 1 aromatic rings. The SMILES string of the molecule is Cc1cnc([C@@H]2CCCN2C(=O)[C@@H](C)C2CC2)[nH]1. The van der Waals surface area contributed by atoms with Gasteiger partial charge in [0.25, 0.3) is 0 Å². The van der Waals surface area contributed by atoms with Crippen molar-refractivity contribution in [1.29, 1.82) is 0 Å². The lowest BCUT2D eigenvalue weighted by molar-refractivity contribution is -0.136. The van der Waals surface area contributed by atoms with Crippen molar-refractivity contribution in [2.75, 3.05) is 6.54 Å². The van der Waals surface area contributed by atoms with E-state index < -0.39 is 0 Å². The Morgan fingerprint density at radius 2 is 2.28 bits per heavy atom. The molecule has 1 aliphatic heterocycles. The van der Waals surface area contributed by atoms with Gasteiger partial charge in [0.1, 0.15) is 5.82 Å². The summed E-state index contributed by atoms with van der Waals surface area (Å²) in [4.78, 5) is 22.2. The average molecular weight is 247 g/mol. The molecule has 1 saturated carbocycles. The van der Waals surface area contributed by atoms with Crippen LogP contribution in [0.1, 0.15) is 50.2 Å². The Hall–Kier alpha value is -1.32. The van der Waals surface area contributed by atoms with Crippen LogP contribution in [-0.4, -0.2) is 27.3 Å². The van der Waals surface area contributed by atoms with Crippen LogP contribution < -0.4 is 0 Å². The Bertz CT molecular complexity index is 450. The molecule has 2 aliphatic rings. The van der Waals surface area contributed by atoms with Gasteiger partial charge in [0.15, 0.2) is 0 Å². The Morgan fingerprint density at radius 1 is 1.50 bits per heavy atom. The largest absolute Gasteiger partial charge is 0.344 e. The van der Waals surface area contributed by atoms with Gasteiger partial charge in [-0.3, -0.25) is 4.79 Å². The molecule has 0 radical (unpaired) electrons. The van der Waals surface area contributed by atoms with Gasteiger partial charge in [-0.25, -0.2) is 4.98 Å². The number of rotatable bonds is 3. The molecule has 1 N–H and O–H groups in total. The number of hydrogen-bond acceptors (Lipinski definition) is 2. The van der Waals surface area contributed by atoms with Crippen LogP contribution in [-0.2, 0) is 4.79 Å². The van der Waals surface area contributed by atoms with Crippen molar-refractivity contribution in [1.82, 2.24) is 14.9 Å². The van der Waals surface area contributed by atoms with Crippen molar-refractivity contribution in [3.63, 3.8) is 0 Å². The summed E-state index contributed by atoms with van der Waals surface area (Å²) in [5.74, 6) is 2.12. The summed E-state index contributed by atoms with van der Waals surface area (Å²) in [5, 5.41) is 0. The Labute approximate surface area is 108 Å². The van der Waals surface area contributed by atoms with Gasteiger partial charge >= 0.3 is 0 Å². The number of nitrogens with one attached hydrogen (secondary N) is 1. The number of aromatic nitrogens is 2. The first-order valence-corrected chi connectivity index (χ1v) is 6.99. The standard InChI is InChI=1S/C14H21N3O/c1-9-8-15-13(16-9)12-4-3-7-17(12)14(18)10(2)11-5-6-11/h8,10-12H,3-7H2,1-2H3,(H,15,16)/t10-,12-/m0/s1. The van der Waals surface area contributed by atoms with Crippen molar-refractivity contribution in [3.05, 3.63) is 17.7 Å². The molecule has 0 spiro atoms. The van der Waals surface area contributed by atoms with Crippen LogP contribution >= 0.6 is 0 Å². The van der Waals surface area contributed by atoms with Crippen LogP contribution in [0.2, 0.25) is 0 Å². The zero-order chi connectivity index (χ0) is 12.7. The molecule has 18 heavy (non-hydrogen) atoms. The Kier molecular flexibility index (Phi) is 2.88. The topological polar surface area (TPSA) is 49.0 Å². The van der Waals surface area contributed by atoms with E-state index in [1.54, 1.807) is 0 Å². The molecular formula is C14H21N3O. The zero-order valence-corrected chi connectivity index (χ0v) is 11.1. The third-order valence-electron chi connectivity index (χ3n) is 4.29. The van der Waals surface area contributed by atoms with Crippen molar-refractivity contribution < 1.29 is 4.79 Å². The number of likely N-dealkylation sites (tertiary alicyclic amines) is 1. The number of nitrogens with zero attached hydrogens (tertiary/aromatic N) is 2. The fraction of sp³-hybridized carbons (Fsp3) is 0.714. The number of carbonyl (C=O) groups is 1. The first kappa shape index (κ1) is 11.8. The highest BCUT2D eigenvalue weighted by Crippen LogP contribution is 2.40. The summed E-state index contributed by atoms with van der Waals surface area (Å²) in [5.41, 5.74) is 1.07. The van der Waals surface area contributed by atoms with E-state index in [0.29, 0.717) is 11.8 Å². The maximum absolute atomic E-state index is 12.5. The van der Waals surface area contributed by atoms with Gasteiger partial charge in [-0.05, 0) is 38.5 Å². The molecule has 0 bridgehead atoms. The summed E-state index contributed by atoms with van der Waals surface area (Å²) >= 11 is 0. The number of aromatic amines is 1. The molecule has 4 nitrogen and oxygen atoms in total. The monoisotopic (exact) mass is 247 g/mol. The minimum absolute atomic E-state index is 0.174. The summed E-state index contributed by atoms with van der Waals surface area (Å²) in [6.07, 6.45) is 6.43. The molecular weight excluding hydrogens is 226 g/mol. The molecule has 1 saturated heterocycles. The quantitative estimate of drug-likeness (QED) is 0.891. The molecule has 1 aliphatic carbocycles. The van der Waals surface area contributed by atoms with Gasteiger partial charge in [-0.15, -0.1) is 0 Å². The van der Waals surface area contributed by atoms with Crippen molar-refractivity contribution in [2.45, 2.75) is 45.6 Å². The van der Waals surface area contributed by atoms with E-state index in [1.165, 1.54) is 12.8 Å². The first-order chi connectivity index (χ1) is 8.66. The molecule has 1 amide bonds. The Balaban J connectivity index is 1.76. The number of carbonyl (C=O) groups excluding carboxylic acids is 1. The van der Waals surface area contributed by atoms with Gasteiger partial charge in [0.2, 0.25) is 5.91 Å². The van der Waals surface area contributed by atoms with Crippen LogP contribution in [0.4, 0.5) is 0 Å². The fourth-order valence-corrected chi connectivity index (χ4v) is 2.98. The fourth-order valence-electron chi connectivity index (χ4n) is 2.98. The smallest absolute Gasteiger partial charge is 0.226 e. The van der Waals surface area contributed by atoms with Crippen molar-refractivity contribution in [3.8, 4) is 0 Å². The van der Waals surface area contributed by atoms with Crippen molar-refractivity contribution >= 4 is 5.91 Å². The van der Waals surface area contributed by atoms with Crippen LogP contribution in [0.25, 0.3) is 0 Å². The molecule has 0 unspecified atom stereocenters. The van der Waals surface area contributed by atoms with Crippen LogP contribution in [0.15, 0.2) is 6.20 Å². The zero-order valence-electron chi connectivity index (χ0n) is 11.1. The van der Waals surface area contributed by atoms with E-state index in [1.807, 2.05) is 18.0 Å². The Morgan fingerprint density at radius 3 is 2.89 bits per heavy atom. The molecule has 98 valence electrons. The predicted octanol–water partition coefficient (Wildman–Crippen LogP) is 2.43. The molecule has 2 heterocycles. The van der Waals surface area contributed by atoms with Crippen LogP contribution in [0, 0.1) is 18.8 Å². The second-order valence-corrected chi connectivity index (χ2v) is 5.77. The summed E-state index contributed by atoms with van der Waals surface area (Å²) < 4.78 is 0. The number of H-pyrrole nitrogens is 1. The van der Waals surface area contributed by atoms with Gasteiger partial charge in [0, 0.05) is 24.4 Å². The normalized spacial score (nSPS) is 25.4. The maximum atomic E-state index is 12.5. The number of aryl methyl sites for hydroxylation is 1. The third-order valence-corrected chi connectivity index (χ3v) is 4.29. The van der Waals surface area contributed by atoms with E-state index in [9.17, 15) is 4.79 Å². The van der Waals surface area contributed by atoms with Gasteiger partial charge in [0.05, 0.1) is 6.04 Å². The van der Waals surface area contributed by atoms with Gasteiger partial charge in [-0.2, -0.15) is 0 Å². The minimum Gasteiger partial charge on any atom is -0.344 e. The van der Waals surface area contributed by atoms with Gasteiger partial charge < -0.3 is 9.88 Å². The van der Waals surface area contributed by atoms with E-state index in [2.05, 4.69) is 16.9 Å². The lowest BCUT2D eigenvalue weighted by atomic mass is 10.0. The molecule has 2 atom stereocenters. The predicted molar refractivity (Wildman–Crippen MR) is 68.9 cm³/mol. The number of amides is 1. The molecule has 3 rings (SSSR count). The van der Waals surface area contributed by atoms with E-state index in [-0.39, 0.29) is 12.0 Å². The average Bonchev–Trinajstić information content (AvgIpc) is 2.93. The van der Waals surface area contributed by atoms with Gasteiger partial charge in [-0.1, -0.05) is 6.92 Å². The second kappa shape index (κ2) is 4.41. The highest BCUT2D eigenvalue weighted by atomic mass is 16.2. The molecule has 4 heteroatoms. The van der Waals surface area contributed by atoms with E-state index in [0.717, 1.165) is 30.9 Å². The van der Waals surface area contributed by atoms with Crippen LogP contribution in [0.5, 0.6) is 0 Å². The minimum atomic E-state index is 0.174. The highest BCUT2D eigenvalue weighted by Gasteiger charge is 2.39. The molecule has 1 aromatic heterocycles. The summed E-state index contributed by atoms with van der Waals surface area (Å²) in [7, 11) is 0. The lowest BCUT2D eigenvalue weighted by Crippen LogP contribution is -2.35. The first-order valence-electron chi connectivity index (χ1n) is 6.99. The summed E-state index contributed by atoms with van der Waals surface area (Å²) in [6, 6.07) is 0.174. The molecule has 0 aromatic carbocycles. The number of hydrogen-bond donors (Lipinski definition) is 1. The maximum Gasteiger partial charge on any atom is 0.226 e. The van der Waals surface area contributed by atoms with Crippen LogP contribution in [0.3, 0.4) is 0 Å².